The molecule has 0 spiro atoms. The first-order valence-electron chi connectivity index (χ1n) is 5.85. The summed E-state index contributed by atoms with van der Waals surface area (Å²) in [5.41, 5.74) is 1.74. The van der Waals surface area contributed by atoms with Crippen LogP contribution in [0.25, 0.3) is 0 Å². The largest absolute Gasteiger partial charge is 0.495 e. The summed E-state index contributed by atoms with van der Waals surface area (Å²) in [4.78, 5) is 4.11. The van der Waals surface area contributed by atoms with Crippen molar-refractivity contribution in [2.45, 2.75) is 6.04 Å². The third-order valence-corrected chi connectivity index (χ3v) is 3.18. The van der Waals surface area contributed by atoms with E-state index in [1.54, 1.807) is 19.5 Å². The van der Waals surface area contributed by atoms with Gasteiger partial charge < -0.3 is 15.2 Å². The van der Waals surface area contributed by atoms with Gasteiger partial charge in [0.05, 0.1) is 25.4 Å². The summed E-state index contributed by atoms with van der Waals surface area (Å²) in [6.07, 6.45) is 3.44. The average Bonchev–Trinajstić information content (AvgIpc) is 2.45. The predicted molar refractivity (Wildman–Crippen MR) is 78.4 cm³/mol. The fraction of sp³-hybridized carbons (Fsp3) is 0.214. The standard InChI is InChI=1S/C14H15BrN2O2/c1-19-14-5-3-2-4-12(14)17-13(9-18)10-6-11(15)8-16-7-10/h2-8,13,17-18H,9H2,1H3. The number of aromatic nitrogens is 1. The fourth-order valence-electron chi connectivity index (χ4n) is 1.80. The highest BCUT2D eigenvalue weighted by atomic mass is 79.9. The van der Waals surface area contributed by atoms with Crippen LogP contribution in [0.5, 0.6) is 5.75 Å². The van der Waals surface area contributed by atoms with E-state index in [1.165, 1.54) is 0 Å². The number of ether oxygens (including phenoxy) is 1. The Morgan fingerprint density at radius 2 is 2.16 bits per heavy atom. The Morgan fingerprint density at radius 3 is 2.84 bits per heavy atom. The molecule has 100 valence electrons. The van der Waals surface area contributed by atoms with Gasteiger partial charge in [-0.15, -0.1) is 0 Å². The maximum Gasteiger partial charge on any atom is 0.141 e. The first kappa shape index (κ1) is 13.8. The van der Waals surface area contributed by atoms with E-state index in [9.17, 15) is 5.11 Å². The van der Waals surface area contributed by atoms with Gasteiger partial charge in [-0.3, -0.25) is 4.98 Å². The SMILES string of the molecule is COc1ccccc1NC(CO)c1cncc(Br)c1. The Bertz CT molecular complexity index is 548. The highest BCUT2D eigenvalue weighted by molar-refractivity contribution is 9.10. The summed E-state index contributed by atoms with van der Waals surface area (Å²) >= 11 is 3.38. The van der Waals surface area contributed by atoms with Crippen LogP contribution in [0.15, 0.2) is 47.2 Å². The zero-order valence-corrected chi connectivity index (χ0v) is 12.1. The second kappa shape index (κ2) is 6.54. The molecule has 2 aromatic rings. The van der Waals surface area contributed by atoms with Crippen LogP contribution in [0.3, 0.4) is 0 Å². The van der Waals surface area contributed by atoms with Gasteiger partial charge in [0.15, 0.2) is 0 Å². The number of anilines is 1. The first-order chi connectivity index (χ1) is 9.24. The minimum absolute atomic E-state index is 0.0316. The van der Waals surface area contributed by atoms with Crippen molar-refractivity contribution in [3.05, 3.63) is 52.8 Å². The monoisotopic (exact) mass is 322 g/mol. The first-order valence-corrected chi connectivity index (χ1v) is 6.64. The van der Waals surface area contributed by atoms with E-state index >= 15 is 0 Å². The van der Waals surface area contributed by atoms with Gasteiger partial charge in [-0.1, -0.05) is 12.1 Å². The topological polar surface area (TPSA) is 54.4 Å². The molecule has 0 fully saturated rings. The number of pyridine rings is 1. The quantitative estimate of drug-likeness (QED) is 0.888. The molecule has 5 heteroatoms. The molecule has 0 aliphatic carbocycles. The number of para-hydroxylation sites is 2. The molecule has 1 aromatic carbocycles. The van der Waals surface area contributed by atoms with Gasteiger partial charge in [-0.05, 0) is 39.7 Å². The van der Waals surface area contributed by atoms with Gasteiger partial charge in [0.1, 0.15) is 5.75 Å². The number of aliphatic hydroxyl groups excluding tert-OH is 1. The Kier molecular flexibility index (Phi) is 4.76. The number of rotatable bonds is 5. The number of methoxy groups -OCH3 is 1. The molecule has 1 unspecified atom stereocenters. The van der Waals surface area contributed by atoms with Crippen LogP contribution >= 0.6 is 15.9 Å². The molecule has 19 heavy (non-hydrogen) atoms. The average molecular weight is 323 g/mol. The van der Waals surface area contributed by atoms with Crippen molar-refractivity contribution in [2.24, 2.45) is 0 Å². The Balaban J connectivity index is 2.24. The second-order valence-corrected chi connectivity index (χ2v) is 4.93. The Hall–Kier alpha value is -1.59. The number of nitrogens with one attached hydrogen (secondary N) is 1. The molecule has 2 rings (SSSR count). The lowest BCUT2D eigenvalue weighted by Gasteiger charge is -2.19. The van der Waals surface area contributed by atoms with Crippen molar-refractivity contribution in [2.75, 3.05) is 19.0 Å². The van der Waals surface area contributed by atoms with Crippen LogP contribution in [0.2, 0.25) is 0 Å². The lowest BCUT2D eigenvalue weighted by atomic mass is 10.1. The molecule has 2 N–H and O–H groups in total. The molecule has 0 aliphatic heterocycles. The molecule has 1 heterocycles. The van der Waals surface area contributed by atoms with E-state index < -0.39 is 0 Å². The summed E-state index contributed by atoms with van der Waals surface area (Å²) in [6.45, 7) is -0.0316. The molecule has 0 radical (unpaired) electrons. The number of hydrogen-bond acceptors (Lipinski definition) is 4. The maximum absolute atomic E-state index is 9.55. The van der Waals surface area contributed by atoms with Gasteiger partial charge >= 0.3 is 0 Å². The van der Waals surface area contributed by atoms with Crippen LogP contribution in [-0.4, -0.2) is 23.8 Å². The van der Waals surface area contributed by atoms with Crippen molar-refractivity contribution >= 4 is 21.6 Å². The summed E-state index contributed by atoms with van der Waals surface area (Å²) in [5.74, 6) is 0.740. The minimum atomic E-state index is -0.235. The van der Waals surface area contributed by atoms with Gasteiger partial charge in [-0.2, -0.15) is 0 Å². The summed E-state index contributed by atoms with van der Waals surface area (Å²) < 4.78 is 6.16. The van der Waals surface area contributed by atoms with E-state index in [0.29, 0.717) is 0 Å². The van der Waals surface area contributed by atoms with Crippen molar-refractivity contribution in [1.29, 1.82) is 0 Å². The molecule has 1 atom stereocenters. The molecule has 1 aromatic heterocycles. The zero-order valence-electron chi connectivity index (χ0n) is 10.5. The van der Waals surface area contributed by atoms with Crippen LogP contribution < -0.4 is 10.1 Å². The van der Waals surface area contributed by atoms with Crippen LogP contribution in [0.1, 0.15) is 11.6 Å². The third kappa shape index (κ3) is 3.45. The molecule has 4 nitrogen and oxygen atoms in total. The Labute approximate surface area is 120 Å². The van der Waals surface area contributed by atoms with Crippen molar-refractivity contribution in [3.8, 4) is 5.75 Å². The smallest absolute Gasteiger partial charge is 0.141 e. The Morgan fingerprint density at radius 1 is 1.37 bits per heavy atom. The highest BCUT2D eigenvalue weighted by Crippen LogP contribution is 2.28. The number of halogens is 1. The van der Waals surface area contributed by atoms with Crippen LogP contribution in [0, 0.1) is 0 Å². The van der Waals surface area contributed by atoms with Crippen molar-refractivity contribution in [1.82, 2.24) is 4.98 Å². The highest BCUT2D eigenvalue weighted by Gasteiger charge is 2.13. The van der Waals surface area contributed by atoms with Crippen LogP contribution in [-0.2, 0) is 0 Å². The summed E-state index contributed by atoms with van der Waals surface area (Å²) in [5, 5.41) is 12.8. The fourth-order valence-corrected chi connectivity index (χ4v) is 2.19. The van der Waals surface area contributed by atoms with E-state index in [-0.39, 0.29) is 12.6 Å². The normalized spacial score (nSPS) is 11.9. The van der Waals surface area contributed by atoms with Crippen LogP contribution in [0.4, 0.5) is 5.69 Å². The maximum atomic E-state index is 9.55. The number of aliphatic hydroxyl groups is 1. The lowest BCUT2D eigenvalue weighted by Crippen LogP contribution is -2.15. The molecule has 0 saturated heterocycles. The van der Waals surface area contributed by atoms with Crippen molar-refractivity contribution < 1.29 is 9.84 Å². The molecule has 0 saturated carbocycles. The van der Waals surface area contributed by atoms with E-state index in [0.717, 1.165) is 21.5 Å². The summed E-state index contributed by atoms with van der Waals surface area (Å²) in [7, 11) is 1.62. The van der Waals surface area contributed by atoms with E-state index in [1.807, 2.05) is 30.3 Å². The molecule has 0 bridgehead atoms. The predicted octanol–water partition coefficient (Wildman–Crippen LogP) is 3.00. The molecule has 0 amide bonds. The minimum Gasteiger partial charge on any atom is -0.495 e. The van der Waals surface area contributed by atoms with E-state index in [4.69, 9.17) is 4.74 Å². The lowest BCUT2D eigenvalue weighted by molar-refractivity contribution is 0.276. The number of benzene rings is 1. The van der Waals surface area contributed by atoms with Gasteiger partial charge in [0, 0.05) is 16.9 Å². The number of nitrogens with zero attached hydrogens (tertiary/aromatic N) is 1. The zero-order chi connectivity index (χ0) is 13.7. The van der Waals surface area contributed by atoms with E-state index in [2.05, 4.69) is 26.2 Å². The second-order valence-electron chi connectivity index (χ2n) is 4.02. The van der Waals surface area contributed by atoms with Gasteiger partial charge in [0.2, 0.25) is 0 Å². The third-order valence-electron chi connectivity index (χ3n) is 2.75. The molecular formula is C14H15BrN2O2. The van der Waals surface area contributed by atoms with Gasteiger partial charge in [0.25, 0.3) is 0 Å². The molecule has 0 aliphatic rings. The summed E-state index contributed by atoms with van der Waals surface area (Å²) in [6, 6.07) is 9.29. The van der Waals surface area contributed by atoms with Crippen molar-refractivity contribution in [3.63, 3.8) is 0 Å². The number of hydrogen-bond donors (Lipinski definition) is 2. The van der Waals surface area contributed by atoms with Gasteiger partial charge in [-0.25, -0.2) is 0 Å². The molecular weight excluding hydrogens is 308 g/mol.